The minimum atomic E-state index is -0.199. The van der Waals surface area contributed by atoms with E-state index in [2.05, 4.69) is 43.9 Å². The molecule has 0 aliphatic carbocycles. The van der Waals surface area contributed by atoms with E-state index in [1.54, 1.807) is 12.3 Å². The minimum absolute atomic E-state index is 0.0816. The van der Waals surface area contributed by atoms with Crippen LogP contribution in [0.15, 0.2) is 49.2 Å². The third kappa shape index (κ3) is 3.46. The predicted octanol–water partition coefficient (Wildman–Crippen LogP) is 5.05. The maximum absolute atomic E-state index is 13.1. The van der Waals surface area contributed by atoms with E-state index in [1.165, 1.54) is 4.68 Å². The Balaban J connectivity index is 1.86. The maximum atomic E-state index is 13.1. The lowest BCUT2D eigenvalue weighted by molar-refractivity contribution is 0.174. The van der Waals surface area contributed by atoms with Crippen molar-refractivity contribution in [1.29, 1.82) is 0 Å². The predicted molar refractivity (Wildman–Crippen MR) is 116 cm³/mol. The number of rotatable bonds is 4. The van der Waals surface area contributed by atoms with Gasteiger partial charge in [-0.3, -0.25) is 4.79 Å². The highest BCUT2D eigenvalue weighted by atomic mass is 79.9. The van der Waals surface area contributed by atoms with Gasteiger partial charge in [-0.05, 0) is 52.7 Å². The van der Waals surface area contributed by atoms with Gasteiger partial charge < -0.3 is 9.47 Å². The van der Waals surface area contributed by atoms with Gasteiger partial charge in [-0.15, -0.1) is 0 Å². The molecule has 1 atom stereocenters. The Morgan fingerprint density at radius 3 is 2.75 bits per heavy atom. The SMILES string of the molecule is CC[C@H](C)c1nc2ccc(Br)cc2c(=O)n1N=Cc1cc2c(cc1Br)OCO2. The second kappa shape index (κ2) is 7.67. The average molecular weight is 507 g/mol. The first-order valence-corrected chi connectivity index (χ1v) is 10.4. The summed E-state index contributed by atoms with van der Waals surface area (Å²) in [6.07, 6.45) is 2.47. The van der Waals surface area contributed by atoms with Crippen molar-refractivity contribution in [2.24, 2.45) is 5.10 Å². The summed E-state index contributed by atoms with van der Waals surface area (Å²) < 4.78 is 13.8. The van der Waals surface area contributed by atoms with Crippen LogP contribution in [0, 0.1) is 0 Å². The van der Waals surface area contributed by atoms with Crippen LogP contribution in [0.4, 0.5) is 0 Å². The monoisotopic (exact) mass is 505 g/mol. The third-order valence-electron chi connectivity index (χ3n) is 4.69. The molecule has 6 nitrogen and oxygen atoms in total. The molecule has 1 aliphatic rings. The standard InChI is InChI=1S/C20H17Br2N3O3/c1-3-11(2)19-24-16-5-4-13(21)7-14(16)20(26)25(19)23-9-12-6-17-18(8-15(12)22)28-10-27-17/h4-9,11H,3,10H2,1-2H3/t11-/m0/s1. The minimum Gasteiger partial charge on any atom is -0.454 e. The number of hydrogen-bond donors (Lipinski definition) is 0. The van der Waals surface area contributed by atoms with Gasteiger partial charge in [0.1, 0.15) is 5.82 Å². The Morgan fingerprint density at radius 2 is 2.00 bits per heavy atom. The summed E-state index contributed by atoms with van der Waals surface area (Å²) >= 11 is 6.94. The van der Waals surface area contributed by atoms with Crippen LogP contribution in [-0.4, -0.2) is 22.7 Å². The van der Waals surface area contributed by atoms with Gasteiger partial charge in [0.25, 0.3) is 5.56 Å². The first kappa shape index (κ1) is 19.1. The maximum Gasteiger partial charge on any atom is 0.282 e. The summed E-state index contributed by atoms with van der Waals surface area (Å²) in [5.74, 6) is 2.05. The Hall–Kier alpha value is -2.19. The molecule has 144 valence electrons. The third-order valence-corrected chi connectivity index (χ3v) is 5.87. The molecule has 4 rings (SSSR count). The van der Waals surface area contributed by atoms with E-state index < -0.39 is 0 Å². The molecular formula is C20H17Br2N3O3. The van der Waals surface area contributed by atoms with Crippen molar-refractivity contribution in [3.05, 3.63) is 61.0 Å². The molecule has 2 aromatic carbocycles. The number of nitrogens with zero attached hydrogens (tertiary/aromatic N) is 3. The number of fused-ring (bicyclic) bond motifs is 2. The zero-order valence-electron chi connectivity index (χ0n) is 15.3. The zero-order chi connectivity index (χ0) is 19.8. The summed E-state index contributed by atoms with van der Waals surface area (Å²) in [5, 5.41) is 5.00. The van der Waals surface area contributed by atoms with Crippen LogP contribution in [0.3, 0.4) is 0 Å². The van der Waals surface area contributed by atoms with Crippen molar-refractivity contribution in [3.8, 4) is 11.5 Å². The zero-order valence-corrected chi connectivity index (χ0v) is 18.4. The van der Waals surface area contributed by atoms with Gasteiger partial charge in [0.05, 0.1) is 17.1 Å². The molecule has 0 fully saturated rings. The molecule has 0 amide bonds. The van der Waals surface area contributed by atoms with Crippen LogP contribution in [-0.2, 0) is 0 Å². The van der Waals surface area contributed by atoms with Gasteiger partial charge in [0.2, 0.25) is 6.79 Å². The van der Waals surface area contributed by atoms with Crippen LogP contribution < -0.4 is 15.0 Å². The van der Waals surface area contributed by atoms with Gasteiger partial charge in [-0.1, -0.05) is 29.8 Å². The highest BCUT2D eigenvalue weighted by Gasteiger charge is 2.17. The molecule has 0 N–H and O–H groups in total. The highest BCUT2D eigenvalue weighted by Crippen LogP contribution is 2.36. The molecule has 0 unspecified atom stereocenters. The summed E-state index contributed by atoms with van der Waals surface area (Å²) in [5.41, 5.74) is 1.24. The summed E-state index contributed by atoms with van der Waals surface area (Å²) in [7, 11) is 0. The van der Waals surface area contributed by atoms with Crippen molar-refractivity contribution >= 4 is 49.0 Å². The molecule has 3 aromatic rings. The van der Waals surface area contributed by atoms with Crippen molar-refractivity contribution in [1.82, 2.24) is 9.66 Å². The number of ether oxygens (including phenoxy) is 2. The van der Waals surface area contributed by atoms with Gasteiger partial charge in [0.15, 0.2) is 11.5 Å². The van der Waals surface area contributed by atoms with Gasteiger partial charge in [-0.25, -0.2) is 4.98 Å². The lowest BCUT2D eigenvalue weighted by atomic mass is 10.1. The van der Waals surface area contributed by atoms with Crippen LogP contribution in [0.1, 0.15) is 37.6 Å². The molecule has 28 heavy (non-hydrogen) atoms. The van der Waals surface area contributed by atoms with Crippen LogP contribution >= 0.6 is 31.9 Å². The molecule has 1 aliphatic heterocycles. The van der Waals surface area contributed by atoms with Crippen LogP contribution in [0.2, 0.25) is 0 Å². The lowest BCUT2D eigenvalue weighted by Crippen LogP contribution is -2.23. The molecule has 2 heterocycles. The van der Waals surface area contributed by atoms with Crippen LogP contribution in [0.5, 0.6) is 11.5 Å². The molecule has 0 bridgehead atoms. The fraction of sp³-hybridized carbons (Fsp3) is 0.250. The number of halogens is 2. The van der Waals surface area contributed by atoms with E-state index in [0.717, 1.165) is 20.9 Å². The Labute approximate surface area is 178 Å². The van der Waals surface area contributed by atoms with Gasteiger partial charge in [-0.2, -0.15) is 9.78 Å². The highest BCUT2D eigenvalue weighted by molar-refractivity contribution is 9.10. The van der Waals surface area contributed by atoms with E-state index >= 15 is 0 Å². The van der Waals surface area contributed by atoms with E-state index in [9.17, 15) is 4.79 Å². The summed E-state index contributed by atoms with van der Waals surface area (Å²) in [4.78, 5) is 17.9. The van der Waals surface area contributed by atoms with E-state index in [1.807, 2.05) is 31.2 Å². The van der Waals surface area contributed by atoms with Crippen molar-refractivity contribution in [3.63, 3.8) is 0 Å². The fourth-order valence-electron chi connectivity index (χ4n) is 2.93. The number of hydrogen-bond acceptors (Lipinski definition) is 5. The van der Waals surface area contributed by atoms with E-state index in [0.29, 0.717) is 28.2 Å². The topological polar surface area (TPSA) is 65.7 Å². The van der Waals surface area contributed by atoms with E-state index in [4.69, 9.17) is 14.5 Å². The molecule has 0 spiro atoms. The largest absolute Gasteiger partial charge is 0.454 e. The Bertz CT molecular complexity index is 1160. The second-order valence-corrected chi connectivity index (χ2v) is 8.30. The quantitative estimate of drug-likeness (QED) is 0.464. The molecule has 1 aromatic heterocycles. The fourth-order valence-corrected chi connectivity index (χ4v) is 3.72. The Morgan fingerprint density at radius 1 is 1.25 bits per heavy atom. The van der Waals surface area contributed by atoms with E-state index in [-0.39, 0.29) is 18.3 Å². The van der Waals surface area contributed by atoms with Crippen molar-refractivity contribution in [2.75, 3.05) is 6.79 Å². The first-order valence-electron chi connectivity index (χ1n) is 8.83. The Kier molecular flexibility index (Phi) is 5.25. The average Bonchev–Trinajstić information content (AvgIpc) is 3.13. The summed E-state index contributed by atoms with van der Waals surface area (Å²) in [6.45, 7) is 4.30. The lowest BCUT2D eigenvalue weighted by Gasteiger charge is -2.14. The molecule has 0 saturated carbocycles. The molecule has 8 heteroatoms. The second-order valence-electron chi connectivity index (χ2n) is 6.53. The van der Waals surface area contributed by atoms with Gasteiger partial charge >= 0.3 is 0 Å². The number of aromatic nitrogens is 2. The van der Waals surface area contributed by atoms with Gasteiger partial charge in [0, 0.05) is 20.4 Å². The molecular weight excluding hydrogens is 490 g/mol. The first-order chi connectivity index (χ1) is 13.5. The van der Waals surface area contributed by atoms with Crippen molar-refractivity contribution < 1.29 is 9.47 Å². The molecule has 0 saturated heterocycles. The molecule has 0 radical (unpaired) electrons. The van der Waals surface area contributed by atoms with Crippen LogP contribution in [0.25, 0.3) is 10.9 Å². The summed E-state index contributed by atoms with van der Waals surface area (Å²) in [6, 6.07) is 9.15. The smallest absolute Gasteiger partial charge is 0.282 e. The normalized spacial score (nSPS) is 14.1. The van der Waals surface area contributed by atoms with Crippen molar-refractivity contribution in [2.45, 2.75) is 26.2 Å². The number of benzene rings is 2.